The monoisotopic (exact) mass is 278 g/mol. The van der Waals surface area contributed by atoms with E-state index in [9.17, 15) is 20.0 Å². The average Bonchev–Trinajstić information content (AvgIpc) is 2.87. The molecule has 0 radical (unpaired) electrons. The van der Waals surface area contributed by atoms with Crippen LogP contribution in [0.4, 0.5) is 11.4 Å². The molecule has 2 rings (SSSR count). The fraction of sp³-hybridized carbons (Fsp3) is 0.500. The molecule has 108 valence electrons. The van der Waals surface area contributed by atoms with Gasteiger partial charge in [0.15, 0.2) is 0 Å². The SMILES string of the molecule is Cc1c(NCC2(C(=O)O)CCCC2)cccc1[N+](=O)[O-]. The second-order valence-corrected chi connectivity index (χ2v) is 5.35. The van der Waals surface area contributed by atoms with Crippen LogP contribution in [0.1, 0.15) is 31.2 Å². The number of carboxylic acid groups (broad SMARTS) is 1. The van der Waals surface area contributed by atoms with Gasteiger partial charge in [0.2, 0.25) is 0 Å². The summed E-state index contributed by atoms with van der Waals surface area (Å²) in [5.41, 5.74) is 0.477. The van der Waals surface area contributed by atoms with E-state index in [4.69, 9.17) is 0 Å². The first-order chi connectivity index (χ1) is 9.46. The first-order valence-electron chi connectivity index (χ1n) is 6.67. The molecule has 0 aromatic heterocycles. The number of nitro groups is 1. The van der Waals surface area contributed by atoms with Crippen molar-refractivity contribution in [1.82, 2.24) is 0 Å². The summed E-state index contributed by atoms with van der Waals surface area (Å²) < 4.78 is 0. The minimum atomic E-state index is -0.786. The number of carboxylic acids is 1. The Morgan fingerprint density at radius 3 is 2.65 bits per heavy atom. The van der Waals surface area contributed by atoms with Crippen molar-refractivity contribution in [2.45, 2.75) is 32.6 Å². The number of hydrogen-bond donors (Lipinski definition) is 2. The smallest absolute Gasteiger partial charge is 0.311 e. The number of carbonyl (C=O) groups is 1. The van der Waals surface area contributed by atoms with Gasteiger partial charge in [-0.15, -0.1) is 0 Å². The van der Waals surface area contributed by atoms with Crippen molar-refractivity contribution in [2.75, 3.05) is 11.9 Å². The lowest BCUT2D eigenvalue weighted by atomic mass is 9.86. The zero-order valence-electron chi connectivity index (χ0n) is 11.4. The van der Waals surface area contributed by atoms with E-state index in [-0.39, 0.29) is 5.69 Å². The van der Waals surface area contributed by atoms with Crippen LogP contribution in [-0.4, -0.2) is 22.5 Å². The lowest BCUT2D eigenvalue weighted by molar-refractivity contribution is -0.385. The first-order valence-corrected chi connectivity index (χ1v) is 6.67. The van der Waals surface area contributed by atoms with E-state index in [1.165, 1.54) is 6.07 Å². The molecule has 0 bridgehead atoms. The summed E-state index contributed by atoms with van der Waals surface area (Å²) in [4.78, 5) is 21.9. The van der Waals surface area contributed by atoms with Gasteiger partial charge in [-0.2, -0.15) is 0 Å². The normalized spacial score (nSPS) is 16.9. The second-order valence-electron chi connectivity index (χ2n) is 5.35. The molecule has 1 saturated carbocycles. The Kier molecular flexibility index (Phi) is 3.92. The highest BCUT2D eigenvalue weighted by atomic mass is 16.6. The van der Waals surface area contributed by atoms with E-state index in [0.29, 0.717) is 30.6 Å². The number of anilines is 1. The molecule has 0 unspecified atom stereocenters. The number of aliphatic carboxylic acids is 1. The highest BCUT2D eigenvalue weighted by Gasteiger charge is 2.41. The molecule has 0 atom stereocenters. The van der Waals surface area contributed by atoms with Gasteiger partial charge in [-0.1, -0.05) is 18.9 Å². The van der Waals surface area contributed by atoms with Crippen LogP contribution in [0.15, 0.2) is 18.2 Å². The molecular formula is C14H18N2O4. The summed E-state index contributed by atoms with van der Waals surface area (Å²) >= 11 is 0. The number of hydrogen-bond acceptors (Lipinski definition) is 4. The fourth-order valence-corrected chi connectivity index (χ4v) is 2.80. The Balaban J connectivity index is 2.17. The molecule has 1 aliphatic carbocycles. The third-order valence-electron chi connectivity index (χ3n) is 4.13. The molecule has 0 saturated heterocycles. The summed E-state index contributed by atoms with van der Waals surface area (Å²) in [6.45, 7) is 1.98. The zero-order chi connectivity index (χ0) is 14.8. The first kappa shape index (κ1) is 14.3. The lowest BCUT2D eigenvalue weighted by Gasteiger charge is -2.25. The molecule has 0 amide bonds. The van der Waals surface area contributed by atoms with Gasteiger partial charge >= 0.3 is 5.97 Å². The molecule has 6 heteroatoms. The summed E-state index contributed by atoms with van der Waals surface area (Å²) in [7, 11) is 0. The Hall–Kier alpha value is -2.11. The molecule has 2 N–H and O–H groups in total. The van der Waals surface area contributed by atoms with E-state index >= 15 is 0 Å². The van der Waals surface area contributed by atoms with Gasteiger partial charge < -0.3 is 10.4 Å². The van der Waals surface area contributed by atoms with Gasteiger partial charge in [0, 0.05) is 23.9 Å². The maximum Gasteiger partial charge on any atom is 0.311 e. The van der Waals surface area contributed by atoms with Crippen LogP contribution in [0.5, 0.6) is 0 Å². The minimum absolute atomic E-state index is 0.0470. The molecule has 0 spiro atoms. The van der Waals surface area contributed by atoms with Crippen LogP contribution in [-0.2, 0) is 4.79 Å². The quantitative estimate of drug-likeness (QED) is 0.638. The molecule has 1 fully saturated rings. The standard InChI is InChI=1S/C14H18N2O4/c1-10-11(5-4-6-12(10)16(19)20)15-9-14(13(17)18)7-2-3-8-14/h4-6,15H,2-3,7-9H2,1H3,(H,17,18). The van der Waals surface area contributed by atoms with Crippen molar-refractivity contribution < 1.29 is 14.8 Å². The molecule has 20 heavy (non-hydrogen) atoms. The van der Waals surface area contributed by atoms with Crippen molar-refractivity contribution in [2.24, 2.45) is 5.41 Å². The van der Waals surface area contributed by atoms with Gasteiger partial charge in [-0.05, 0) is 25.8 Å². The Labute approximate surface area is 117 Å². The maximum atomic E-state index is 11.5. The van der Waals surface area contributed by atoms with Crippen LogP contribution in [0.25, 0.3) is 0 Å². The highest BCUT2D eigenvalue weighted by molar-refractivity contribution is 5.76. The van der Waals surface area contributed by atoms with Crippen LogP contribution in [0.3, 0.4) is 0 Å². The number of nitrogens with zero attached hydrogens (tertiary/aromatic N) is 1. The average molecular weight is 278 g/mol. The molecule has 1 aromatic rings. The second kappa shape index (κ2) is 5.48. The lowest BCUT2D eigenvalue weighted by Crippen LogP contribution is -2.35. The largest absolute Gasteiger partial charge is 0.481 e. The fourth-order valence-electron chi connectivity index (χ4n) is 2.80. The van der Waals surface area contributed by atoms with E-state index in [0.717, 1.165) is 12.8 Å². The zero-order valence-corrected chi connectivity index (χ0v) is 11.4. The predicted molar refractivity (Wildman–Crippen MR) is 74.9 cm³/mol. The Morgan fingerprint density at radius 1 is 1.45 bits per heavy atom. The van der Waals surface area contributed by atoms with Crippen molar-refractivity contribution in [1.29, 1.82) is 0 Å². The van der Waals surface area contributed by atoms with E-state index in [1.807, 2.05) is 0 Å². The van der Waals surface area contributed by atoms with E-state index < -0.39 is 16.3 Å². The third kappa shape index (κ3) is 2.59. The number of rotatable bonds is 5. The number of nitrogens with one attached hydrogen (secondary N) is 1. The van der Waals surface area contributed by atoms with Gasteiger partial charge in [0.1, 0.15) is 0 Å². The summed E-state index contributed by atoms with van der Waals surface area (Å²) in [5.74, 6) is -0.786. The molecule has 0 aliphatic heterocycles. The molecule has 0 heterocycles. The van der Waals surface area contributed by atoms with Crippen molar-refractivity contribution >= 4 is 17.3 Å². The summed E-state index contributed by atoms with van der Waals surface area (Å²) in [6.07, 6.45) is 3.15. The number of benzene rings is 1. The molecule has 6 nitrogen and oxygen atoms in total. The van der Waals surface area contributed by atoms with Gasteiger partial charge in [0.05, 0.1) is 10.3 Å². The predicted octanol–water partition coefficient (Wildman–Crippen LogP) is 2.96. The number of nitro benzene ring substituents is 1. The molecular weight excluding hydrogens is 260 g/mol. The maximum absolute atomic E-state index is 11.5. The van der Waals surface area contributed by atoms with Crippen molar-refractivity contribution in [3.8, 4) is 0 Å². The van der Waals surface area contributed by atoms with E-state index in [2.05, 4.69) is 5.32 Å². The van der Waals surface area contributed by atoms with Crippen LogP contribution in [0, 0.1) is 22.5 Å². The molecule has 1 aliphatic rings. The summed E-state index contributed by atoms with van der Waals surface area (Å²) in [6, 6.07) is 4.80. The molecule has 1 aromatic carbocycles. The van der Waals surface area contributed by atoms with Gasteiger partial charge in [-0.25, -0.2) is 0 Å². The highest BCUT2D eigenvalue weighted by Crippen LogP contribution is 2.39. The summed E-state index contributed by atoms with van der Waals surface area (Å²) in [5, 5.41) is 23.4. The Bertz CT molecular complexity index is 536. The topological polar surface area (TPSA) is 92.5 Å². The van der Waals surface area contributed by atoms with Crippen LogP contribution in [0.2, 0.25) is 0 Å². The van der Waals surface area contributed by atoms with Gasteiger partial charge in [-0.3, -0.25) is 14.9 Å². The van der Waals surface area contributed by atoms with Crippen LogP contribution >= 0.6 is 0 Å². The Morgan fingerprint density at radius 2 is 2.10 bits per heavy atom. The van der Waals surface area contributed by atoms with Crippen LogP contribution < -0.4 is 5.32 Å². The van der Waals surface area contributed by atoms with Gasteiger partial charge in [0.25, 0.3) is 5.69 Å². The third-order valence-corrected chi connectivity index (χ3v) is 4.13. The minimum Gasteiger partial charge on any atom is -0.481 e. The van der Waals surface area contributed by atoms with E-state index in [1.54, 1.807) is 19.1 Å². The van der Waals surface area contributed by atoms with Crippen molar-refractivity contribution in [3.05, 3.63) is 33.9 Å². The van der Waals surface area contributed by atoms with Crippen molar-refractivity contribution in [3.63, 3.8) is 0 Å².